The zero-order chi connectivity index (χ0) is 53.0. The highest BCUT2D eigenvalue weighted by molar-refractivity contribution is 6.16. The summed E-state index contributed by atoms with van der Waals surface area (Å²) in [6.07, 6.45) is 30.6. The van der Waals surface area contributed by atoms with Gasteiger partial charge in [0.05, 0.1) is 36.0 Å². The van der Waals surface area contributed by atoms with Crippen LogP contribution in [0.5, 0.6) is 5.75 Å². The number of benzene rings is 7. The fourth-order valence-corrected chi connectivity index (χ4v) is 11.3. The first-order chi connectivity index (χ1) is 37.3. The Morgan fingerprint density at radius 3 is 2.33 bits per heavy atom. The molecule has 6 heteroatoms. The second kappa shape index (κ2) is 24.8. The normalized spacial score (nSPS) is 14.4. The number of phenols is 1. The summed E-state index contributed by atoms with van der Waals surface area (Å²) in [5.41, 5.74) is 12.0. The van der Waals surface area contributed by atoms with Crippen molar-refractivity contribution in [1.82, 2.24) is 0 Å². The number of anilines is 4. The SMILES string of the molecule is C\C=C/C=c1\c(=C\N(C(/C=C\CC#N)=C/CC)c2ccc(/C=C\C)c3c2ccc2ccc(N(c4ccc(C#N)cc4)c4cccc(-c5cccc(C(C)CCCCC)c5O)c4)cc23)oc2c(C3CCCCC3)cccc12. The topological polar surface area (TPSA) is 87.4 Å². The molecule has 1 N–H and O–H groups in total. The van der Waals surface area contributed by atoms with Gasteiger partial charge in [0.25, 0.3) is 0 Å². The van der Waals surface area contributed by atoms with E-state index >= 15 is 0 Å². The Kier molecular flexibility index (Phi) is 17.2. The lowest BCUT2D eigenvalue weighted by atomic mass is 9.83. The third kappa shape index (κ3) is 11.2. The number of rotatable bonds is 18. The quantitative estimate of drug-likeness (QED) is 0.0523. The van der Waals surface area contributed by atoms with Gasteiger partial charge in [0.15, 0.2) is 5.42 Å². The molecule has 0 saturated heterocycles. The van der Waals surface area contributed by atoms with Crippen LogP contribution in [0.3, 0.4) is 0 Å². The monoisotopic (exact) mass is 999 g/mol. The van der Waals surface area contributed by atoms with Crippen LogP contribution >= 0.6 is 0 Å². The molecule has 1 aliphatic rings. The molecule has 0 spiro atoms. The minimum atomic E-state index is 0.230. The van der Waals surface area contributed by atoms with Crippen molar-refractivity contribution < 1.29 is 9.52 Å². The van der Waals surface area contributed by atoms with E-state index in [-0.39, 0.29) is 12.3 Å². The first-order valence-electron chi connectivity index (χ1n) is 27.5. The maximum atomic E-state index is 11.9. The van der Waals surface area contributed by atoms with Crippen LogP contribution in [0.2, 0.25) is 0 Å². The second-order valence-electron chi connectivity index (χ2n) is 20.2. The highest BCUT2D eigenvalue weighted by atomic mass is 16.3. The van der Waals surface area contributed by atoms with E-state index in [1.165, 1.54) is 44.1 Å². The molecule has 0 bridgehead atoms. The first kappa shape index (κ1) is 52.5. The Morgan fingerprint density at radius 1 is 0.789 bits per heavy atom. The third-order valence-electron chi connectivity index (χ3n) is 15.1. The van der Waals surface area contributed by atoms with Crippen LogP contribution in [0.15, 0.2) is 174 Å². The Balaban J connectivity index is 1.26. The van der Waals surface area contributed by atoms with Gasteiger partial charge in [0, 0.05) is 44.3 Å². The van der Waals surface area contributed by atoms with E-state index in [0.717, 1.165) is 120 Å². The van der Waals surface area contributed by atoms with E-state index in [9.17, 15) is 15.6 Å². The Bertz CT molecular complexity index is 3700. The predicted molar refractivity (Wildman–Crippen MR) is 320 cm³/mol. The summed E-state index contributed by atoms with van der Waals surface area (Å²) < 4.78 is 7.13. The number of allylic oxidation sites excluding steroid dienone is 6. The highest BCUT2D eigenvalue weighted by Gasteiger charge is 2.23. The lowest BCUT2D eigenvalue weighted by Crippen LogP contribution is -2.26. The average Bonchev–Trinajstić information content (AvgIpc) is 3.81. The van der Waals surface area contributed by atoms with Gasteiger partial charge < -0.3 is 19.3 Å². The van der Waals surface area contributed by atoms with Crippen LogP contribution in [-0.4, -0.2) is 5.11 Å². The number of nitriles is 2. The van der Waals surface area contributed by atoms with E-state index in [4.69, 9.17) is 4.42 Å². The van der Waals surface area contributed by atoms with E-state index < -0.39 is 0 Å². The van der Waals surface area contributed by atoms with Crippen molar-refractivity contribution in [2.75, 3.05) is 9.80 Å². The summed E-state index contributed by atoms with van der Waals surface area (Å²) in [6, 6.07) is 49.1. The number of unbranched alkanes of at least 4 members (excludes halogenated alkanes) is 2. The van der Waals surface area contributed by atoms with Crippen LogP contribution in [0.4, 0.5) is 22.7 Å². The molecule has 0 amide bonds. The zero-order valence-electron chi connectivity index (χ0n) is 44.9. The van der Waals surface area contributed by atoms with Crippen molar-refractivity contribution in [1.29, 1.82) is 10.5 Å². The zero-order valence-corrected chi connectivity index (χ0v) is 44.9. The van der Waals surface area contributed by atoms with Gasteiger partial charge in [-0.3, -0.25) is 0 Å². The van der Waals surface area contributed by atoms with E-state index in [2.05, 4.69) is 195 Å². The molecule has 8 aromatic rings. The maximum absolute atomic E-state index is 11.9. The lowest BCUT2D eigenvalue weighted by molar-refractivity contribution is 0.440. The Hall–Kier alpha value is -8.32. The van der Waals surface area contributed by atoms with Gasteiger partial charge in [-0.15, -0.1) is 0 Å². The molecule has 1 aromatic heterocycles. The maximum Gasteiger partial charge on any atom is 0.151 e. The van der Waals surface area contributed by atoms with Gasteiger partial charge >= 0.3 is 0 Å². The minimum absolute atomic E-state index is 0.230. The van der Waals surface area contributed by atoms with Gasteiger partial charge in [-0.2, -0.15) is 10.5 Å². The van der Waals surface area contributed by atoms with Gasteiger partial charge in [-0.1, -0.05) is 175 Å². The molecule has 9 rings (SSSR count). The van der Waals surface area contributed by atoms with Crippen LogP contribution in [-0.2, 0) is 0 Å². The Morgan fingerprint density at radius 2 is 1.57 bits per heavy atom. The van der Waals surface area contributed by atoms with Crippen LogP contribution < -0.4 is 20.4 Å². The molecular formula is C70H70N4O2. The number of phenolic OH excluding ortho intramolecular Hbond substituents is 1. The average molecular weight is 999 g/mol. The summed E-state index contributed by atoms with van der Waals surface area (Å²) in [4.78, 5) is 4.50. The molecule has 0 aliphatic heterocycles. The molecule has 6 nitrogen and oxygen atoms in total. The molecule has 1 unspecified atom stereocenters. The number of furan rings is 1. The number of fused-ring (bicyclic) bond motifs is 4. The molecule has 382 valence electrons. The molecular weight excluding hydrogens is 929 g/mol. The number of hydrogen-bond acceptors (Lipinski definition) is 6. The summed E-state index contributed by atoms with van der Waals surface area (Å²) in [7, 11) is 0. The van der Waals surface area contributed by atoms with Crippen molar-refractivity contribution in [3.8, 4) is 29.0 Å². The van der Waals surface area contributed by atoms with Gasteiger partial charge in [0.1, 0.15) is 11.3 Å². The Labute approximate surface area is 449 Å². The number of hydrogen-bond donors (Lipinski definition) is 1. The van der Waals surface area contributed by atoms with E-state index in [1.807, 2.05) is 43.3 Å². The number of para-hydroxylation sites is 2. The van der Waals surface area contributed by atoms with Gasteiger partial charge in [0.2, 0.25) is 0 Å². The molecule has 1 aliphatic carbocycles. The summed E-state index contributed by atoms with van der Waals surface area (Å²) in [5.74, 6) is 1.02. The van der Waals surface area contributed by atoms with Crippen molar-refractivity contribution in [3.63, 3.8) is 0 Å². The minimum Gasteiger partial charge on any atom is -0.507 e. The van der Waals surface area contributed by atoms with Gasteiger partial charge in [-0.05, 0) is 150 Å². The van der Waals surface area contributed by atoms with Crippen LogP contribution in [0, 0.1) is 22.7 Å². The largest absolute Gasteiger partial charge is 0.507 e. The standard InChI is InChI=1S/C70H70N4O2/c1-6-10-13-23-49(5)59-30-19-31-60(69(59)75)54-26-18-28-57(45-54)74(56-39-34-50(47-72)35-40-56)58-41-36-52-37-42-64-66(43-38-53(21-8-3)68(64)65(52)46-58)73(55(22-9-4)27-16-17-44-71)48-67-62(29-11-7-2)63-33-20-32-61(70(63)76-67)51-24-14-12-15-25-51/h7-8,11,16,18-22,26-43,45-46,48-49,51,75H,6,9-10,12-15,17,23-25H2,1-5H3/b11-7-,21-8-,27-16-,55-22+,62-29-,67-48-. The summed E-state index contributed by atoms with van der Waals surface area (Å²) in [6.45, 7) is 10.7. The molecule has 0 radical (unpaired) electrons. The molecule has 7 aromatic carbocycles. The smallest absolute Gasteiger partial charge is 0.151 e. The number of nitrogens with zero attached hydrogens (tertiary/aromatic N) is 4. The fraction of sp³-hybridized carbons (Fsp3) is 0.257. The van der Waals surface area contributed by atoms with Crippen LogP contribution in [0.25, 0.3) is 62.0 Å². The summed E-state index contributed by atoms with van der Waals surface area (Å²) in [5, 5.41) is 37.9. The number of aromatic hydroxyl groups is 1. The van der Waals surface area contributed by atoms with E-state index in [1.54, 1.807) is 0 Å². The molecule has 1 saturated carbocycles. The third-order valence-corrected chi connectivity index (χ3v) is 15.1. The first-order valence-corrected chi connectivity index (χ1v) is 27.5. The highest BCUT2D eigenvalue weighted by Crippen LogP contribution is 2.44. The van der Waals surface area contributed by atoms with Crippen LogP contribution in [0.1, 0.15) is 139 Å². The molecule has 1 fully saturated rings. The molecule has 76 heavy (non-hydrogen) atoms. The van der Waals surface area contributed by atoms with Crippen molar-refractivity contribution in [2.24, 2.45) is 0 Å². The van der Waals surface area contributed by atoms with Crippen molar-refractivity contribution in [3.05, 3.63) is 202 Å². The van der Waals surface area contributed by atoms with Crippen molar-refractivity contribution in [2.45, 2.75) is 117 Å². The van der Waals surface area contributed by atoms with Crippen molar-refractivity contribution >= 4 is 73.6 Å². The van der Waals surface area contributed by atoms with E-state index in [0.29, 0.717) is 17.2 Å². The fourth-order valence-electron chi connectivity index (χ4n) is 11.3. The molecule has 1 atom stereocenters. The van der Waals surface area contributed by atoms with Gasteiger partial charge in [-0.25, -0.2) is 0 Å². The molecule has 1 heterocycles. The second-order valence-corrected chi connectivity index (χ2v) is 20.2. The predicted octanol–water partition coefficient (Wildman–Crippen LogP) is 18.6. The summed E-state index contributed by atoms with van der Waals surface area (Å²) >= 11 is 0. The lowest BCUT2D eigenvalue weighted by Gasteiger charge is -2.27.